The van der Waals surface area contributed by atoms with Gasteiger partial charge >= 0.3 is 0 Å². The molecule has 0 unspecified atom stereocenters. The van der Waals surface area contributed by atoms with E-state index in [2.05, 4.69) is 36.5 Å². The standard InChI is InChI=1S/C18H20ClNO2/c1-2-16(14-4-6-15(19)7-5-14)20-12-13-3-8-17-18(11-13)22-10-9-21-17/h3-8,11,16,20H,2,9-10,12H2,1H3/t16-/m1/s1. The third kappa shape index (κ3) is 3.54. The lowest BCUT2D eigenvalue weighted by Crippen LogP contribution is -2.20. The maximum Gasteiger partial charge on any atom is 0.161 e. The van der Waals surface area contributed by atoms with Crippen LogP contribution in [0, 0.1) is 0 Å². The highest BCUT2D eigenvalue weighted by Gasteiger charge is 2.13. The molecule has 0 bridgehead atoms. The Labute approximate surface area is 136 Å². The zero-order valence-electron chi connectivity index (χ0n) is 12.6. The molecule has 1 N–H and O–H groups in total. The maximum absolute atomic E-state index is 5.95. The van der Waals surface area contributed by atoms with E-state index in [0.717, 1.165) is 29.5 Å². The summed E-state index contributed by atoms with van der Waals surface area (Å²) in [5.74, 6) is 1.67. The molecule has 0 aromatic heterocycles. The molecule has 0 fully saturated rings. The molecule has 0 saturated heterocycles. The highest BCUT2D eigenvalue weighted by molar-refractivity contribution is 6.30. The number of ether oxygens (including phenoxy) is 2. The molecule has 3 rings (SSSR count). The monoisotopic (exact) mass is 317 g/mol. The van der Waals surface area contributed by atoms with E-state index in [1.54, 1.807) is 0 Å². The largest absolute Gasteiger partial charge is 0.486 e. The topological polar surface area (TPSA) is 30.5 Å². The quantitative estimate of drug-likeness (QED) is 0.889. The molecule has 22 heavy (non-hydrogen) atoms. The first-order chi connectivity index (χ1) is 10.8. The van der Waals surface area contributed by atoms with Gasteiger partial charge in [-0.15, -0.1) is 0 Å². The van der Waals surface area contributed by atoms with Crippen LogP contribution in [0.2, 0.25) is 5.02 Å². The molecule has 1 atom stereocenters. The minimum absolute atomic E-state index is 0.311. The van der Waals surface area contributed by atoms with Gasteiger partial charge < -0.3 is 14.8 Å². The van der Waals surface area contributed by atoms with Gasteiger partial charge in [0, 0.05) is 17.6 Å². The molecule has 4 heteroatoms. The van der Waals surface area contributed by atoms with Crippen molar-refractivity contribution in [1.82, 2.24) is 5.32 Å². The van der Waals surface area contributed by atoms with Crippen LogP contribution in [0.5, 0.6) is 11.5 Å². The molecular weight excluding hydrogens is 298 g/mol. The van der Waals surface area contributed by atoms with Crippen LogP contribution in [0.1, 0.15) is 30.5 Å². The van der Waals surface area contributed by atoms with Crippen molar-refractivity contribution in [3.8, 4) is 11.5 Å². The summed E-state index contributed by atoms with van der Waals surface area (Å²) in [7, 11) is 0. The highest BCUT2D eigenvalue weighted by Crippen LogP contribution is 2.31. The predicted molar refractivity (Wildman–Crippen MR) is 88.8 cm³/mol. The molecule has 0 amide bonds. The fourth-order valence-electron chi connectivity index (χ4n) is 2.63. The van der Waals surface area contributed by atoms with Gasteiger partial charge in [0.05, 0.1) is 0 Å². The minimum atomic E-state index is 0.311. The van der Waals surface area contributed by atoms with Crippen LogP contribution in [0.3, 0.4) is 0 Å². The zero-order chi connectivity index (χ0) is 15.4. The summed E-state index contributed by atoms with van der Waals surface area (Å²) < 4.78 is 11.2. The number of hydrogen-bond donors (Lipinski definition) is 1. The number of nitrogens with one attached hydrogen (secondary N) is 1. The third-order valence-corrected chi connectivity index (χ3v) is 4.09. The first-order valence-corrected chi connectivity index (χ1v) is 8.01. The van der Waals surface area contributed by atoms with Crippen LogP contribution in [0.15, 0.2) is 42.5 Å². The molecular formula is C18H20ClNO2. The van der Waals surface area contributed by atoms with E-state index in [4.69, 9.17) is 21.1 Å². The average molecular weight is 318 g/mol. The molecule has 1 aliphatic rings. The number of halogens is 1. The van der Waals surface area contributed by atoms with Crippen molar-refractivity contribution in [3.05, 3.63) is 58.6 Å². The second-order valence-corrected chi connectivity index (χ2v) is 5.81. The van der Waals surface area contributed by atoms with Crippen molar-refractivity contribution < 1.29 is 9.47 Å². The van der Waals surface area contributed by atoms with Crippen molar-refractivity contribution in [2.75, 3.05) is 13.2 Å². The highest BCUT2D eigenvalue weighted by atomic mass is 35.5. The van der Waals surface area contributed by atoms with Gasteiger partial charge in [-0.1, -0.05) is 36.7 Å². The Morgan fingerprint density at radius 1 is 1.05 bits per heavy atom. The van der Waals surface area contributed by atoms with Crippen LogP contribution < -0.4 is 14.8 Å². The Hall–Kier alpha value is -1.71. The number of benzene rings is 2. The molecule has 2 aromatic rings. The summed E-state index contributed by atoms with van der Waals surface area (Å²) >= 11 is 5.95. The maximum atomic E-state index is 5.95. The summed E-state index contributed by atoms with van der Waals surface area (Å²) in [5, 5.41) is 4.36. The fraction of sp³-hybridized carbons (Fsp3) is 0.333. The van der Waals surface area contributed by atoms with Crippen LogP contribution in [0.4, 0.5) is 0 Å². The molecule has 1 aliphatic heterocycles. The van der Waals surface area contributed by atoms with Gasteiger partial charge in [0.15, 0.2) is 11.5 Å². The van der Waals surface area contributed by atoms with E-state index in [1.165, 1.54) is 11.1 Å². The van der Waals surface area contributed by atoms with E-state index in [-0.39, 0.29) is 0 Å². The predicted octanol–water partition coefficient (Wildman–Crippen LogP) is 4.35. The van der Waals surface area contributed by atoms with Crippen molar-refractivity contribution in [3.63, 3.8) is 0 Å². The first kappa shape index (κ1) is 15.2. The summed E-state index contributed by atoms with van der Waals surface area (Å²) in [6, 6.07) is 14.4. The summed E-state index contributed by atoms with van der Waals surface area (Å²) in [6.07, 6.45) is 1.02. The molecule has 2 aromatic carbocycles. The van der Waals surface area contributed by atoms with E-state index in [1.807, 2.05) is 18.2 Å². The van der Waals surface area contributed by atoms with Gasteiger partial charge in [0.1, 0.15) is 13.2 Å². The van der Waals surface area contributed by atoms with E-state index < -0.39 is 0 Å². The Balaban J connectivity index is 1.66. The lowest BCUT2D eigenvalue weighted by atomic mass is 10.0. The number of hydrogen-bond acceptors (Lipinski definition) is 3. The van der Waals surface area contributed by atoms with Crippen molar-refractivity contribution in [2.45, 2.75) is 25.9 Å². The van der Waals surface area contributed by atoms with E-state index >= 15 is 0 Å². The molecule has 0 aliphatic carbocycles. The summed E-state index contributed by atoms with van der Waals surface area (Å²) in [5.41, 5.74) is 2.45. The second-order valence-electron chi connectivity index (χ2n) is 5.37. The Morgan fingerprint density at radius 2 is 1.77 bits per heavy atom. The molecule has 0 radical (unpaired) electrons. The van der Waals surface area contributed by atoms with Gasteiger partial charge in [0.2, 0.25) is 0 Å². The van der Waals surface area contributed by atoms with Gasteiger partial charge in [-0.05, 0) is 41.8 Å². The van der Waals surface area contributed by atoms with Crippen LogP contribution in [-0.2, 0) is 6.54 Å². The zero-order valence-corrected chi connectivity index (χ0v) is 13.4. The van der Waals surface area contributed by atoms with Crippen molar-refractivity contribution >= 4 is 11.6 Å². The van der Waals surface area contributed by atoms with Crippen molar-refractivity contribution in [2.24, 2.45) is 0 Å². The minimum Gasteiger partial charge on any atom is -0.486 e. The van der Waals surface area contributed by atoms with Crippen LogP contribution in [0.25, 0.3) is 0 Å². The smallest absolute Gasteiger partial charge is 0.161 e. The van der Waals surface area contributed by atoms with Gasteiger partial charge in [-0.3, -0.25) is 0 Å². The Morgan fingerprint density at radius 3 is 2.50 bits per heavy atom. The first-order valence-electron chi connectivity index (χ1n) is 7.63. The summed E-state index contributed by atoms with van der Waals surface area (Å²) in [6.45, 7) is 4.21. The van der Waals surface area contributed by atoms with Crippen molar-refractivity contribution in [1.29, 1.82) is 0 Å². The molecule has 116 valence electrons. The molecule has 0 saturated carbocycles. The molecule has 3 nitrogen and oxygen atoms in total. The van der Waals surface area contributed by atoms with Crippen LogP contribution >= 0.6 is 11.6 Å². The van der Waals surface area contributed by atoms with E-state index in [0.29, 0.717) is 19.3 Å². The Bertz CT molecular complexity index is 627. The van der Waals surface area contributed by atoms with Gasteiger partial charge in [-0.2, -0.15) is 0 Å². The van der Waals surface area contributed by atoms with Crippen LogP contribution in [-0.4, -0.2) is 13.2 Å². The second kappa shape index (κ2) is 7.03. The lowest BCUT2D eigenvalue weighted by molar-refractivity contribution is 0.171. The van der Waals surface area contributed by atoms with E-state index in [9.17, 15) is 0 Å². The molecule has 0 spiro atoms. The normalized spacial score (nSPS) is 14.6. The lowest BCUT2D eigenvalue weighted by Gasteiger charge is -2.20. The van der Waals surface area contributed by atoms with Gasteiger partial charge in [0.25, 0.3) is 0 Å². The Kier molecular flexibility index (Phi) is 4.86. The third-order valence-electron chi connectivity index (χ3n) is 3.84. The fourth-order valence-corrected chi connectivity index (χ4v) is 2.76. The number of fused-ring (bicyclic) bond motifs is 1. The SMILES string of the molecule is CC[C@@H](NCc1ccc2c(c1)OCCO2)c1ccc(Cl)cc1. The average Bonchev–Trinajstić information content (AvgIpc) is 2.57. The summed E-state index contributed by atoms with van der Waals surface area (Å²) in [4.78, 5) is 0. The molecule has 1 heterocycles. The van der Waals surface area contributed by atoms with Gasteiger partial charge in [-0.25, -0.2) is 0 Å². The number of rotatable bonds is 5.